The molecular formula is C15H21F3N3O4+. The number of alkyl carbamates (subject to hydrolysis) is 1. The molecule has 1 aromatic rings. The molecule has 0 aliphatic carbocycles. The fraction of sp³-hybridized carbons (Fsp3) is 0.533. The van der Waals surface area contributed by atoms with Crippen LogP contribution in [0.25, 0.3) is 0 Å². The summed E-state index contributed by atoms with van der Waals surface area (Å²) < 4.78 is 50.6. The fourth-order valence-electron chi connectivity index (χ4n) is 1.88. The van der Waals surface area contributed by atoms with Crippen LogP contribution in [-0.2, 0) is 14.3 Å². The molecule has 140 valence electrons. The standard InChI is InChI=1S/C15H20F3N3O4/c1-5-24-12(22)14(15(16,17)18,21-13(23)25-9(2)3)20-11-8-10(4)6-7-19-11/h6-9H,5H2,1-4H3,(H,19,20)(H,21,23)/p+1/t14-/m0/s1. The Bertz CT molecular complexity index is 622. The van der Waals surface area contributed by atoms with E-state index < -0.39 is 30.0 Å². The third kappa shape index (κ3) is 5.23. The number of pyridine rings is 1. The van der Waals surface area contributed by atoms with Crippen molar-refractivity contribution in [3.05, 3.63) is 23.9 Å². The van der Waals surface area contributed by atoms with Crippen LogP contribution in [0.4, 0.5) is 23.8 Å². The monoisotopic (exact) mass is 364 g/mol. The van der Waals surface area contributed by atoms with Crippen LogP contribution in [0.5, 0.6) is 0 Å². The molecular weight excluding hydrogens is 343 g/mol. The molecule has 0 aromatic carbocycles. The Morgan fingerprint density at radius 3 is 2.44 bits per heavy atom. The number of ether oxygens (including phenoxy) is 2. The van der Waals surface area contributed by atoms with Gasteiger partial charge in [0.1, 0.15) is 0 Å². The molecule has 0 bridgehead atoms. The van der Waals surface area contributed by atoms with Crippen molar-refractivity contribution in [2.75, 3.05) is 11.9 Å². The van der Waals surface area contributed by atoms with Gasteiger partial charge in [-0.05, 0) is 39.3 Å². The third-order valence-corrected chi connectivity index (χ3v) is 2.92. The summed E-state index contributed by atoms with van der Waals surface area (Å²) in [4.78, 5) is 26.5. The number of H-pyrrole nitrogens is 1. The van der Waals surface area contributed by atoms with Gasteiger partial charge < -0.3 is 9.47 Å². The van der Waals surface area contributed by atoms with Crippen LogP contribution in [0.3, 0.4) is 0 Å². The first-order valence-electron chi connectivity index (χ1n) is 7.51. The van der Waals surface area contributed by atoms with Gasteiger partial charge in [-0.3, -0.25) is 5.32 Å². The van der Waals surface area contributed by atoms with Crippen LogP contribution >= 0.6 is 0 Å². The molecule has 7 nitrogen and oxygen atoms in total. The van der Waals surface area contributed by atoms with Gasteiger partial charge in [0, 0.05) is 6.07 Å². The predicted octanol–water partition coefficient (Wildman–Crippen LogP) is 2.18. The van der Waals surface area contributed by atoms with Crippen molar-refractivity contribution in [1.29, 1.82) is 0 Å². The summed E-state index contributed by atoms with van der Waals surface area (Å²) in [6.07, 6.45) is -5.93. The Morgan fingerprint density at radius 2 is 1.96 bits per heavy atom. The maximum absolute atomic E-state index is 13.8. The third-order valence-electron chi connectivity index (χ3n) is 2.92. The van der Waals surface area contributed by atoms with Gasteiger partial charge in [0.15, 0.2) is 0 Å². The van der Waals surface area contributed by atoms with E-state index in [1.165, 1.54) is 33.0 Å². The SMILES string of the molecule is CCOC(=O)[C@@](NC(=O)OC(C)C)(Nc1cc(C)cc[nH+]1)C(F)(F)F. The van der Waals surface area contributed by atoms with Crippen molar-refractivity contribution < 1.29 is 37.2 Å². The van der Waals surface area contributed by atoms with Gasteiger partial charge in [0.25, 0.3) is 5.82 Å². The predicted molar refractivity (Wildman–Crippen MR) is 81.5 cm³/mol. The number of esters is 1. The van der Waals surface area contributed by atoms with Crippen molar-refractivity contribution in [2.24, 2.45) is 0 Å². The Kier molecular flexibility index (Phi) is 6.60. The number of rotatable bonds is 6. The molecule has 0 aliphatic rings. The Labute approximate surface area is 142 Å². The smallest absolute Gasteiger partial charge is 0.461 e. The van der Waals surface area contributed by atoms with Crippen molar-refractivity contribution in [3.63, 3.8) is 0 Å². The lowest BCUT2D eigenvalue weighted by Gasteiger charge is -2.30. The average Bonchev–Trinajstić information content (AvgIpc) is 2.44. The molecule has 1 rings (SSSR count). The van der Waals surface area contributed by atoms with Gasteiger partial charge in [0.2, 0.25) is 0 Å². The lowest BCUT2D eigenvalue weighted by molar-refractivity contribution is -0.363. The number of alkyl halides is 3. The molecule has 25 heavy (non-hydrogen) atoms. The highest BCUT2D eigenvalue weighted by Gasteiger charge is 2.68. The molecule has 0 spiro atoms. The maximum Gasteiger partial charge on any atom is 0.464 e. The van der Waals surface area contributed by atoms with Crippen LogP contribution in [0.15, 0.2) is 18.3 Å². The number of aromatic nitrogens is 1. The van der Waals surface area contributed by atoms with Crippen LogP contribution in [-0.4, -0.2) is 36.6 Å². The summed E-state index contributed by atoms with van der Waals surface area (Å²) in [5, 5.41) is 3.56. The van der Waals surface area contributed by atoms with Crippen LogP contribution < -0.4 is 15.6 Å². The van der Waals surface area contributed by atoms with Crippen LogP contribution in [0.2, 0.25) is 0 Å². The maximum atomic E-state index is 13.8. The van der Waals surface area contributed by atoms with Gasteiger partial charge in [-0.25, -0.2) is 19.9 Å². The Balaban J connectivity index is 3.33. The number of aromatic amines is 1. The number of carbonyl (C=O) groups excluding carboxylic acids is 2. The molecule has 1 atom stereocenters. The second-order valence-corrected chi connectivity index (χ2v) is 5.45. The highest BCUT2D eigenvalue weighted by molar-refractivity contribution is 5.89. The normalized spacial score (nSPS) is 13.8. The molecule has 3 N–H and O–H groups in total. The Hall–Kier alpha value is -2.52. The molecule has 0 saturated heterocycles. The van der Waals surface area contributed by atoms with Crippen molar-refractivity contribution in [2.45, 2.75) is 45.6 Å². The molecule has 0 fully saturated rings. The summed E-state index contributed by atoms with van der Waals surface area (Å²) in [6, 6.07) is 2.96. The number of amides is 1. The molecule has 0 unspecified atom stereocenters. The molecule has 0 aliphatic heterocycles. The van der Waals surface area contributed by atoms with E-state index in [0.29, 0.717) is 5.56 Å². The largest absolute Gasteiger partial charge is 0.464 e. The summed E-state index contributed by atoms with van der Waals surface area (Å²) in [7, 11) is 0. The van der Waals surface area contributed by atoms with Gasteiger partial charge >= 0.3 is 23.9 Å². The van der Waals surface area contributed by atoms with E-state index in [-0.39, 0.29) is 12.4 Å². The topological polar surface area (TPSA) is 90.8 Å². The summed E-state index contributed by atoms with van der Waals surface area (Å²) >= 11 is 0. The Morgan fingerprint density at radius 1 is 1.32 bits per heavy atom. The highest BCUT2D eigenvalue weighted by atomic mass is 19.4. The first-order valence-corrected chi connectivity index (χ1v) is 7.51. The average molecular weight is 364 g/mol. The second-order valence-electron chi connectivity index (χ2n) is 5.45. The second kappa shape index (κ2) is 8.04. The molecule has 1 aromatic heterocycles. The molecule has 1 amide bonds. The molecule has 0 radical (unpaired) electrons. The first kappa shape index (κ1) is 20.5. The number of hydrogen-bond acceptors (Lipinski definition) is 5. The summed E-state index contributed by atoms with van der Waals surface area (Å²) in [5.41, 5.74) is -2.88. The number of carbonyl (C=O) groups is 2. The minimum Gasteiger partial charge on any atom is -0.461 e. The number of nitrogens with one attached hydrogen (secondary N) is 3. The van der Waals surface area contributed by atoms with E-state index in [9.17, 15) is 22.8 Å². The summed E-state index contributed by atoms with van der Waals surface area (Å²) in [6.45, 7) is 5.61. The zero-order valence-corrected chi connectivity index (χ0v) is 14.3. The molecule has 0 saturated carbocycles. The van der Waals surface area contributed by atoms with Crippen molar-refractivity contribution >= 4 is 17.9 Å². The number of hydrogen-bond donors (Lipinski definition) is 2. The van der Waals surface area contributed by atoms with Crippen molar-refractivity contribution in [1.82, 2.24) is 5.32 Å². The van der Waals surface area contributed by atoms with E-state index in [2.05, 4.69) is 14.5 Å². The van der Waals surface area contributed by atoms with Crippen LogP contribution in [0.1, 0.15) is 26.3 Å². The van der Waals surface area contributed by atoms with E-state index in [1.807, 2.05) is 5.32 Å². The van der Waals surface area contributed by atoms with Gasteiger partial charge in [-0.2, -0.15) is 13.2 Å². The van der Waals surface area contributed by atoms with E-state index in [0.717, 1.165) is 0 Å². The van der Waals surface area contributed by atoms with E-state index in [4.69, 9.17) is 0 Å². The quantitative estimate of drug-likeness (QED) is 0.596. The summed E-state index contributed by atoms with van der Waals surface area (Å²) in [5.74, 6) is -1.85. The van der Waals surface area contributed by atoms with E-state index >= 15 is 0 Å². The van der Waals surface area contributed by atoms with Gasteiger partial charge in [-0.1, -0.05) is 0 Å². The van der Waals surface area contributed by atoms with Gasteiger partial charge in [0.05, 0.1) is 18.9 Å². The first-order chi connectivity index (χ1) is 11.5. The number of aryl methyl sites for hydroxylation is 1. The zero-order chi connectivity index (χ0) is 19.3. The van der Waals surface area contributed by atoms with E-state index in [1.54, 1.807) is 18.3 Å². The number of halogens is 3. The van der Waals surface area contributed by atoms with Gasteiger partial charge in [-0.15, -0.1) is 0 Å². The minimum atomic E-state index is -5.22. The lowest BCUT2D eigenvalue weighted by Crippen LogP contribution is -2.70. The molecule has 10 heteroatoms. The fourth-order valence-corrected chi connectivity index (χ4v) is 1.88. The number of anilines is 1. The molecule has 1 heterocycles. The van der Waals surface area contributed by atoms with Crippen LogP contribution in [0, 0.1) is 6.92 Å². The highest BCUT2D eigenvalue weighted by Crippen LogP contribution is 2.32. The van der Waals surface area contributed by atoms with Crippen molar-refractivity contribution in [3.8, 4) is 0 Å². The lowest BCUT2D eigenvalue weighted by atomic mass is 10.1. The minimum absolute atomic E-state index is 0.143. The zero-order valence-electron chi connectivity index (χ0n) is 14.3.